The molecule has 1 fully saturated rings. The quantitative estimate of drug-likeness (QED) is 0.667. The molecule has 2 rings (SSSR count). The van der Waals surface area contributed by atoms with Gasteiger partial charge in [-0.1, -0.05) is 0 Å². The van der Waals surface area contributed by atoms with E-state index in [-0.39, 0.29) is 12.0 Å². The van der Waals surface area contributed by atoms with Gasteiger partial charge in [0.1, 0.15) is 6.23 Å². The summed E-state index contributed by atoms with van der Waals surface area (Å²) in [6, 6.07) is 0. The minimum atomic E-state index is -0.255. The van der Waals surface area contributed by atoms with Gasteiger partial charge in [0.2, 0.25) is 0 Å². The topological polar surface area (TPSA) is 27.1 Å². The van der Waals surface area contributed by atoms with Crippen molar-refractivity contribution in [2.24, 2.45) is 0 Å². The summed E-state index contributed by atoms with van der Waals surface area (Å²) in [6.45, 7) is 2.42. The average molecular weight is 184 g/mol. The number of hydrogen-bond acceptors (Lipinski definition) is 2. The molecule has 4 heteroatoms. The lowest BCUT2D eigenvalue weighted by molar-refractivity contribution is -0.0397. The largest absolute Gasteiger partial charge is 0.357 e. The first-order chi connectivity index (χ1) is 6.27. The maximum absolute atomic E-state index is 13.0. The van der Waals surface area contributed by atoms with Crippen molar-refractivity contribution < 1.29 is 9.13 Å². The number of ether oxygens (including phenoxy) is 1. The van der Waals surface area contributed by atoms with E-state index in [1.165, 1.54) is 6.20 Å². The summed E-state index contributed by atoms with van der Waals surface area (Å²) in [6.07, 6.45) is 4.51. The SMILES string of the molecule is Cc1nn(C2CCCCO2)cc1F. The molecule has 1 saturated heterocycles. The Balaban J connectivity index is 2.14. The molecular formula is C9H13FN2O. The Morgan fingerprint density at radius 3 is 3.00 bits per heavy atom. The molecule has 72 valence electrons. The van der Waals surface area contributed by atoms with Crippen molar-refractivity contribution >= 4 is 0 Å². The third-order valence-electron chi connectivity index (χ3n) is 2.31. The highest BCUT2D eigenvalue weighted by atomic mass is 19.1. The highest BCUT2D eigenvalue weighted by Gasteiger charge is 2.17. The number of rotatable bonds is 1. The van der Waals surface area contributed by atoms with Gasteiger partial charge < -0.3 is 4.74 Å². The fourth-order valence-corrected chi connectivity index (χ4v) is 1.54. The third kappa shape index (κ3) is 1.72. The molecule has 1 aliphatic heterocycles. The third-order valence-corrected chi connectivity index (χ3v) is 2.31. The van der Waals surface area contributed by atoms with E-state index < -0.39 is 0 Å². The van der Waals surface area contributed by atoms with E-state index in [0.717, 1.165) is 25.9 Å². The van der Waals surface area contributed by atoms with E-state index in [2.05, 4.69) is 5.10 Å². The Labute approximate surface area is 76.5 Å². The van der Waals surface area contributed by atoms with Crippen molar-refractivity contribution in [2.75, 3.05) is 6.61 Å². The maximum atomic E-state index is 13.0. The van der Waals surface area contributed by atoms with Crippen LogP contribution in [0.1, 0.15) is 31.2 Å². The predicted octanol–water partition coefficient (Wildman–Crippen LogP) is 2.03. The van der Waals surface area contributed by atoms with Crippen LogP contribution in [0.15, 0.2) is 6.20 Å². The molecule has 1 atom stereocenters. The standard InChI is InChI=1S/C9H13FN2O/c1-7-8(10)6-12(11-7)9-4-2-3-5-13-9/h6,9H,2-5H2,1H3. The summed E-state index contributed by atoms with van der Waals surface area (Å²) in [5.74, 6) is -0.255. The summed E-state index contributed by atoms with van der Waals surface area (Å²) < 4.78 is 20.0. The van der Waals surface area contributed by atoms with Crippen molar-refractivity contribution in [2.45, 2.75) is 32.4 Å². The molecule has 0 radical (unpaired) electrons. The van der Waals surface area contributed by atoms with Crippen molar-refractivity contribution in [1.29, 1.82) is 0 Å². The highest BCUT2D eigenvalue weighted by molar-refractivity contribution is 4.99. The first-order valence-corrected chi connectivity index (χ1v) is 4.60. The van der Waals surface area contributed by atoms with Crippen LogP contribution in [0.4, 0.5) is 4.39 Å². The summed E-state index contributed by atoms with van der Waals surface area (Å²) in [5, 5.41) is 4.05. The lowest BCUT2D eigenvalue weighted by Crippen LogP contribution is -2.18. The van der Waals surface area contributed by atoms with Gasteiger partial charge in [-0.15, -0.1) is 0 Å². The van der Waals surface area contributed by atoms with Gasteiger partial charge in [0.25, 0.3) is 0 Å². The van der Waals surface area contributed by atoms with Crippen LogP contribution < -0.4 is 0 Å². The van der Waals surface area contributed by atoms with Crippen molar-refractivity contribution in [1.82, 2.24) is 9.78 Å². The van der Waals surface area contributed by atoms with Gasteiger partial charge >= 0.3 is 0 Å². The molecule has 1 unspecified atom stereocenters. The number of aryl methyl sites for hydroxylation is 1. The molecule has 0 spiro atoms. The van der Waals surface area contributed by atoms with Crippen LogP contribution in [0.5, 0.6) is 0 Å². The van der Waals surface area contributed by atoms with Crippen molar-refractivity contribution in [3.63, 3.8) is 0 Å². The van der Waals surface area contributed by atoms with Crippen molar-refractivity contribution in [3.05, 3.63) is 17.7 Å². The summed E-state index contributed by atoms with van der Waals surface area (Å²) in [5.41, 5.74) is 0.439. The van der Waals surface area contributed by atoms with Crippen LogP contribution in [-0.4, -0.2) is 16.4 Å². The maximum Gasteiger partial charge on any atom is 0.164 e. The Hall–Kier alpha value is -0.900. The molecule has 0 aliphatic carbocycles. The Kier molecular flexibility index (Phi) is 2.31. The minimum absolute atomic E-state index is 0.0584. The highest BCUT2D eigenvalue weighted by Crippen LogP contribution is 2.22. The summed E-state index contributed by atoms with van der Waals surface area (Å²) >= 11 is 0. The lowest BCUT2D eigenvalue weighted by Gasteiger charge is -2.22. The monoisotopic (exact) mass is 184 g/mol. The molecule has 1 aliphatic rings. The molecule has 1 aromatic rings. The van der Waals surface area contributed by atoms with Crippen LogP contribution >= 0.6 is 0 Å². The Morgan fingerprint density at radius 2 is 2.46 bits per heavy atom. The van der Waals surface area contributed by atoms with Crippen LogP contribution in [0.2, 0.25) is 0 Å². The van der Waals surface area contributed by atoms with E-state index in [9.17, 15) is 4.39 Å². The summed E-state index contributed by atoms with van der Waals surface area (Å²) in [7, 11) is 0. The van der Waals surface area contributed by atoms with Crippen LogP contribution in [0.3, 0.4) is 0 Å². The van der Waals surface area contributed by atoms with E-state index in [4.69, 9.17) is 4.74 Å². The number of aromatic nitrogens is 2. The molecule has 0 N–H and O–H groups in total. The van der Waals surface area contributed by atoms with Gasteiger partial charge in [-0.25, -0.2) is 9.07 Å². The smallest absolute Gasteiger partial charge is 0.164 e. The zero-order valence-electron chi connectivity index (χ0n) is 7.66. The molecular weight excluding hydrogens is 171 g/mol. The van der Waals surface area contributed by atoms with Gasteiger partial charge in [-0.3, -0.25) is 0 Å². The van der Waals surface area contributed by atoms with Crippen LogP contribution in [-0.2, 0) is 4.74 Å². The first-order valence-electron chi connectivity index (χ1n) is 4.60. The fraction of sp³-hybridized carbons (Fsp3) is 0.667. The van der Waals surface area contributed by atoms with E-state index in [1.807, 2.05) is 0 Å². The number of nitrogens with zero attached hydrogens (tertiary/aromatic N) is 2. The molecule has 13 heavy (non-hydrogen) atoms. The molecule has 2 heterocycles. The second-order valence-corrected chi connectivity index (χ2v) is 3.36. The molecule has 0 saturated carbocycles. The predicted molar refractivity (Wildman–Crippen MR) is 45.8 cm³/mol. The second-order valence-electron chi connectivity index (χ2n) is 3.36. The summed E-state index contributed by atoms with van der Waals surface area (Å²) in [4.78, 5) is 0. The first kappa shape index (κ1) is 8.69. The van der Waals surface area contributed by atoms with Gasteiger partial charge in [0.05, 0.1) is 11.9 Å². The molecule has 0 amide bonds. The van der Waals surface area contributed by atoms with Crippen LogP contribution in [0, 0.1) is 12.7 Å². The number of hydrogen-bond donors (Lipinski definition) is 0. The lowest BCUT2D eigenvalue weighted by atomic mass is 10.2. The fourth-order valence-electron chi connectivity index (χ4n) is 1.54. The number of halogens is 1. The van der Waals surface area contributed by atoms with Gasteiger partial charge in [0, 0.05) is 6.61 Å². The Morgan fingerprint density at radius 1 is 1.62 bits per heavy atom. The Bertz CT molecular complexity index is 272. The van der Waals surface area contributed by atoms with E-state index in [1.54, 1.807) is 11.6 Å². The normalized spacial score (nSPS) is 23.4. The zero-order valence-corrected chi connectivity index (χ0v) is 7.66. The van der Waals surface area contributed by atoms with Gasteiger partial charge in [0.15, 0.2) is 5.82 Å². The minimum Gasteiger partial charge on any atom is -0.357 e. The second kappa shape index (κ2) is 3.46. The van der Waals surface area contributed by atoms with E-state index in [0.29, 0.717) is 5.69 Å². The molecule has 1 aromatic heterocycles. The zero-order chi connectivity index (χ0) is 9.26. The average Bonchev–Trinajstić information content (AvgIpc) is 2.49. The molecule has 0 aromatic carbocycles. The van der Waals surface area contributed by atoms with E-state index >= 15 is 0 Å². The van der Waals surface area contributed by atoms with Crippen LogP contribution in [0.25, 0.3) is 0 Å². The molecule has 0 bridgehead atoms. The van der Waals surface area contributed by atoms with Gasteiger partial charge in [-0.05, 0) is 26.2 Å². The van der Waals surface area contributed by atoms with Gasteiger partial charge in [-0.2, -0.15) is 5.10 Å². The van der Waals surface area contributed by atoms with Crippen molar-refractivity contribution in [3.8, 4) is 0 Å². The molecule has 3 nitrogen and oxygen atoms in total.